The molecule has 1 aliphatic heterocycles. The summed E-state index contributed by atoms with van der Waals surface area (Å²) in [5.74, 6) is 0.0763. The molecule has 2 N–H and O–H groups in total. The fraction of sp³-hybridized carbons (Fsp3) is 0.562. The van der Waals surface area contributed by atoms with Crippen molar-refractivity contribution in [1.29, 1.82) is 0 Å². The smallest absolute Gasteiger partial charge is 0.241 e. The molecule has 1 aromatic carbocycles. The molecule has 0 radical (unpaired) electrons. The Hall–Kier alpha value is -1.39. The van der Waals surface area contributed by atoms with Gasteiger partial charge in [0, 0.05) is 18.3 Å². The van der Waals surface area contributed by atoms with Gasteiger partial charge in [0.05, 0.1) is 6.04 Å². The Morgan fingerprint density at radius 3 is 2.95 bits per heavy atom. The molecule has 1 fully saturated rings. The van der Waals surface area contributed by atoms with E-state index < -0.39 is 0 Å². The first-order chi connectivity index (χ1) is 9.60. The van der Waals surface area contributed by atoms with Crippen LogP contribution in [-0.2, 0) is 4.79 Å². The third-order valence-corrected chi connectivity index (χ3v) is 4.07. The highest BCUT2D eigenvalue weighted by Crippen LogP contribution is 2.15. The third kappa shape index (κ3) is 3.81. The highest BCUT2D eigenvalue weighted by atomic mass is 16.2. The number of benzene rings is 1. The van der Waals surface area contributed by atoms with Crippen LogP contribution in [0.2, 0.25) is 0 Å². The Morgan fingerprint density at radius 2 is 2.25 bits per heavy atom. The van der Waals surface area contributed by atoms with Crippen LogP contribution in [0, 0.1) is 6.92 Å². The van der Waals surface area contributed by atoms with E-state index in [4.69, 9.17) is 0 Å². The van der Waals surface area contributed by atoms with E-state index >= 15 is 0 Å². The Kier molecular flexibility index (Phi) is 5.15. The van der Waals surface area contributed by atoms with Gasteiger partial charge in [0.1, 0.15) is 0 Å². The molecule has 4 nitrogen and oxygen atoms in total. The fourth-order valence-corrected chi connectivity index (χ4v) is 2.73. The number of nitrogens with one attached hydrogen (secondary N) is 2. The van der Waals surface area contributed by atoms with Crippen molar-refractivity contribution in [2.75, 3.05) is 25.5 Å². The van der Waals surface area contributed by atoms with Gasteiger partial charge in [-0.25, -0.2) is 0 Å². The zero-order valence-corrected chi connectivity index (χ0v) is 12.6. The lowest BCUT2D eigenvalue weighted by molar-refractivity contribution is -0.121. The number of hydrogen-bond acceptors (Lipinski definition) is 3. The van der Waals surface area contributed by atoms with Crippen LogP contribution in [0.15, 0.2) is 24.3 Å². The van der Waals surface area contributed by atoms with E-state index in [9.17, 15) is 4.79 Å². The number of likely N-dealkylation sites (tertiary alicyclic amines) is 1. The molecule has 2 atom stereocenters. The van der Waals surface area contributed by atoms with Gasteiger partial charge in [-0.1, -0.05) is 12.1 Å². The van der Waals surface area contributed by atoms with Crippen LogP contribution in [-0.4, -0.2) is 43.0 Å². The second-order valence-electron chi connectivity index (χ2n) is 5.66. The molecule has 2 rings (SSSR count). The van der Waals surface area contributed by atoms with Crippen LogP contribution in [0.5, 0.6) is 0 Å². The highest BCUT2D eigenvalue weighted by molar-refractivity contribution is 5.94. The maximum atomic E-state index is 12.3. The normalized spacial score (nSPS) is 21.4. The highest BCUT2D eigenvalue weighted by Gasteiger charge is 2.26. The van der Waals surface area contributed by atoms with Gasteiger partial charge in [-0.15, -0.1) is 0 Å². The van der Waals surface area contributed by atoms with E-state index in [1.807, 2.05) is 45.2 Å². The van der Waals surface area contributed by atoms with Crippen LogP contribution >= 0.6 is 0 Å². The van der Waals surface area contributed by atoms with Gasteiger partial charge in [-0.05, 0) is 58.0 Å². The molecule has 20 heavy (non-hydrogen) atoms. The summed E-state index contributed by atoms with van der Waals surface area (Å²) >= 11 is 0. The topological polar surface area (TPSA) is 44.4 Å². The Bertz CT molecular complexity index is 461. The molecule has 4 heteroatoms. The first-order valence-electron chi connectivity index (χ1n) is 7.39. The molecule has 0 bridgehead atoms. The fourth-order valence-electron chi connectivity index (χ4n) is 2.73. The summed E-state index contributed by atoms with van der Waals surface area (Å²) in [6.45, 7) is 5.96. The number of aryl methyl sites for hydroxylation is 1. The molecule has 1 aliphatic rings. The molecule has 110 valence electrons. The van der Waals surface area contributed by atoms with Gasteiger partial charge in [0.2, 0.25) is 5.91 Å². The van der Waals surface area contributed by atoms with Crippen LogP contribution < -0.4 is 10.6 Å². The molecule has 1 amide bonds. The summed E-state index contributed by atoms with van der Waals surface area (Å²) in [5, 5.41) is 6.32. The maximum Gasteiger partial charge on any atom is 0.241 e. The summed E-state index contributed by atoms with van der Waals surface area (Å²) in [7, 11) is 1.99. The molecular formula is C16H25N3O. The van der Waals surface area contributed by atoms with E-state index in [1.165, 1.54) is 6.42 Å². The van der Waals surface area contributed by atoms with E-state index in [2.05, 4.69) is 15.5 Å². The SMILES string of the molecule is CNC1CCCN(C(C)C(=O)Nc2cccc(C)c2)C1. The van der Waals surface area contributed by atoms with Crippen LogP contribution in [0.4, 0.5) is 5.69 Å². The first kappa shape index (κ1) is 15.0. The predicted octanol–water partition coefficient (Wildman–Crippen LogP) is 2.01. The summed E-state index contributed by atoms with van der Waals surface area (Å²) in [6.07, 6.45) is 2.34. The summed E-state index contributed by atoms with van der Waals surface area (Å²) in [6, 6.07) is 8.33. The van der Waals surface area contributed by atoms with Gasteiger partial charge < -0.3 is 10.6 Å². The standard InChI is InChI=1S/C16H25N3O/c1-12-6-4-7-14(10-12)18-16(20)13(2)19-9-5-8-15(11-19)17-3/h4,6-7,10,13,15,17H,5,8-9,11H2,1-3H3,(H,18,20). The quantitative estimate of drug-likeness (QED) is 0.883. The Morgan fingerprint density at radius 1 is 1.45 bits per heavy atom. The van der Waals surface area contributed by atoms with Crippen molar-refractivity contribution in [2.24, 2.45) is 0 Å². The number of carbonyl (C=O) groups excluding carboxylic acids is 1. The Labute approximate surface area is 121 Å². The zero-order chi connectivity index (χ0) is 14.5. The summed E-state index contributed by atoms with van der Waals surface area (Å²) in [4.78, 5) is 14.6. The molecule has 1 saturated heterocycles. The first-order valence-corrected chi connectivity index (χ1v) is 7.39. The Balaban J connectivity index is 1.94. The van der Waals surface area contributed by atoms with E-state index in [1.54, 1.807) is 0 Å². The second kappa shape index (κ2) is 6.86. The van der Waals surface area contributed by atoms with E-state index in [-0.39, 0.29) is 11.9 Å². The number of piperidine rings is 1. The lowest BCUT2D eigenvalue weighted by atomic mass is 10.0. The minimum absolute atomic E-state index is 0.0763. The van der Waals surface area contributed by atoms with Crippen molar-refractivity contribution in [3.05, 3.63) is 29.8 Å². The third-order valence-electron chi connectivity index (χ3n) is 4.07. The van der Waals surface area contributed by atoms with Crippen molar-refractivity contribution in [2.45, 2.75) is 38.8 Å². The van der Waals surface area contributed by atoms with Crippen LogP contribution in [0.3, 0.4) is 0 Å². The van der Waals surface area contributed by atoms with Gasteiger partial charge in [-0.2, -0.15) is 0 Å². The van der Waals surface area contributed by atoms with Crippen molar-refractivity contribution < 1.29 is 4.79 Å². The molecule has 0 saturated carbocycles. The van der Waals surface area contributed by atoms with Crippen molar-refractivity contribution >= 4 is 11.6 Å². The van der Waals surface area contributed by atoms with Gasteiger partial charge in [-0.3, -0.25) is 9.69 Å². The number of carbonyl (C=O) groups is 1. The lowest BCUT2D eigenvalue weighted by Gasteiger charge is -2.35. The monoisotopic (exact) mass is 275 g/mol. The molecule has 0 aromatic heterocycles. The number of likely N-dealkylation sites (N-methyl/N-ethyl adjacent to an activating group) is 1. The number of nitrogens with zero attached hydrogens (tertiary/aromatic N) is 1. The minimum atomic E-state index is -0.0911. The molecule has 1 heterocycles. The van der Waals surface area contributed by atoms with Crippen molar-refractivity contribution in [3.63, 3.8) is 0 Å². The van der Waals surface area contributed by atoms with Crippen molar-refractivity contribution in [1.82, 2.24) is 10.2 Å². The van der Waals surface area contributed by atoms with Gasteiger partial charge in [0.25, 0.3) is 0 Å². The zero-order valence-electron chi connectivity index (χ0n) is 12.6. The molecule has 2 unspecified atom stereocenters. The van der Waals surface area contributed by atoms with Crippen molar-refractivity contribution in [3.8, 4) is 0 Å². The van der Waals surface area contributed by atoms with Crippen LogP contribution in [0.1, 0.15) is 25.3 Å². The number of anilines is 1. The summed E-state index contributed by atoms with van der Waals surface area (Å²) in [5.41, 5.74) is 2.03. The van der Waals surface area contributed by atoms with E-state index in [0.717, 1.165) is 30.8 Å². The number of hydrogen-bond donors (Lipinski definition) is 2. The average molecular weight is 275 g/mol. The average Bonchev–Trinajstić information content (AvgIpc) is 2.46. The number of rotatable bonds is 4. The minimum Gasteiger partial charge on any atom is -0.325 e. The lowest BCUT2D eigenvalue weighted by Crippen LogP contribution is -2.51. The molecule has 0 aliphatic carbocycles. The maximum absolute atomic E-state index is 12.3. The summed E-state index contributed by atoms with van der Waals surface area (Å²) < 4.78 is 0. The second-order valence-corrected chi connectivity index (χ2v) is 5.66. The predicted molar refractivity (Wildman–Crippen MR) is 82.9 cm³/mol. The molecule has 0 spiro atoms. The van der Waals surface area contributed by atoms with E-state index in [0.29, 0.717) is 6.04 Å². The number of amides is 1. The van der Waals surface area contributed by atoms with Crippen LogP contribution in [0.25, 0.3) is 0 Å². The van der Waals surface area contributed by atoms with Gasteiger partial charge >= 0.3 is 0 Å². The largest absolute Gasteiger partial charge is 0.325 e. The molecule has 1 aromatic rings. The molecular weight excluding hydrogens is 250 g/mol. The van der Waals surface area contributed by atoms with Gasteiger partial charge in [0.15, 0.2) is 0 Å².